The molecular formula is C18H32. The molecule has 0 aliphatic heterocycles. The average Bonchev–Trinajstić information content (AvgIpc) is 2.26. The fourth-order valence-electron chi connectivity index (χ4n) is 2.61. The zero-order valence-corrected chi connectivity index (χ0v) is 13.3. The van der Waals surface area contributed by atoms with E-state index in [2.05, 4.69) is 53.5 Å². The van der Waals surface area contributed by atoms with Gasteiger partial charge >= 0.3 is 0 Å². The number of rotatable bonds is 8. The fraction of sp³-hybridized carbons (Fsp3) is 0.778. The minimum atomic E-state index is 0.274. The van der Waals surface area contributed by atoms with Crippen LogP contribution in [0, 0.1) is 29.6 Å². The van der Waals surface area contributed by atoms with Crippen LogP contribution in [0.3, 0.4) is 0 Å². The molecule has 0 nitrogen and oxygen atoms in total. The number of hydrogen-bond donors (Lipinski definition) is 0. The van der Waals surface area contributed by atoms with E-state index in [-0.39, 0.29) is 5.92 Å². The molecule has 0 aliphatic rings. The van der Waals surface area contributed by atoms with Crippen LogP contribution in [0.25, 0.3) is 0 Å². The van der Waals surface area contributed by atoms with Gasteiger partial charge in [0, 0.05) is 5.92 Å². The summed E-state index contributed by atoms with van der Waals surface area (Å²) >= 11 is 0. The van der Waals surface area contributed by atoms with Gasteiger partial charge in [-0.2, -0.15) is 0 Å². The Bertz CT molecular complexity index is 288. The van der Waals surface area contributed by atoms with Crippen molar-refractivity contribution in [2.45, 2.75) is 73.6 Å². The van der Waals surface area contributed by atoms with Crippen molar-refractivity contribution in [3.05, 3.63) is 11.6 Å². The summed E-state index contributed by atoms with van der Waals surface area (Å²) in [6.07, 6.45) is 14.5. The highest BCUT2D eigenvalue weighted by molar-refractivity contribution is 5.14. The molecule has 0 amide bonds. The molecule has 0 aromatic carbocycles. The van der Waals surface area contributed by atoms with Crippen molar-refractivity contribution in [2.75, 3.05) is 0 Å². The van der Waals surface area contributed by atoms with Crippen molar-refractivity contribution >= 4 is 0 Å². The van der Waals surface area contributed by atoms with Crippen LogP contribution in [-0.2, 0) is 0 Å². The summed E-state index contributed by atoms with van der Waals surface area (Å²) in [5, 5.41) is 0. The molecule has 0 fully saturated rings. The molecule has 0 rings (SSSR count). The highest BCUT2D eigenvalue weighted by atomic mass is 14.2. The summed E-state index contributed by atoms with van der Waals surface area (Å²) in [4.78, 5) is 0. The smallest absolute Gasteiger partial charge is 0.0378 e. The van der Waals surface area contributed by atoms with Gasteiger partial charge in [0.05, 0.1) is 0 Å². The third-order valence-electron chi connectivity index (χ3n) is 3.81. The second kappa shape index (κ2) is 8.41. The van der Waals surface area contributed by atoms with Gasteiger partial charge in [-0.1, -0.05) is 64.5 Å². The van der Waals surface area contributed by atoms with Crippen LogP contribution in [0.2, 0.25) is 0 Å². The first kappa shape index (κ1) is 17.3. The lowest BCUT2D eigenvalue weighted by Crippen LogP contribution is -2.15. The fourth-order valence-corrected chi connectivity index (χ4v) is 2.61. The summed E-state index contributed by atoms with van der Waals surface area (Å²) in [6, 6.07) is 0. The Morgan fingerprint density at radius 1 is 1.28 bits per heavy atom. The molecule has 0 aliphatic carbocycles. The number of unbranched alkanes of at least 4 members (excludes halogenated alkanes) is 2. The molecule has 104 valence electrons. The summed E-state index contributed by atoms with van der Waals surface area (Å²) in [7, 11) is 0. The Kier molecular flexibility index (Phi) is 8.08. The molecule has 0 heterocycles. The van der Waals surface area contributed by atoms with E-state index >= 15 is 0 Å². The van der Waals surface area contributed by atoms with Crippen LogP contribution in [0.5, 0.6) is 0 Å². The number of terminal acetylenes is 1. The first-order valence-electron chi connectivity index (χ1n) is 7.47. The highest BCUT2D eigenvalue weighted by Gasteiger charge is 2.19. The summed E-state index contributed by atoms with van der Waals surface area (Å²) in [5.74, 6) is 3.70. The van der Waals surface area contributed by atoms with Crippen molar-refractivity contribution in [3.8, 4) is 12.3 Å². The Morgan fingerprint density at radius 3 is 2.39 bits per heavy atom. The summed E-state index contributed by atoms with van der Waals surface area (Å²) in [5.41, 5.74) is 1.79. The molecular weight excluding hydrogens is 216 g/mol. The average molecular weight is 248 g/mol. The molecule has 0 bridgehead atoms. The lowest BCUT2D eigenvalue weighted by Gasteiger charge is -2.27. The first-order valence-corrected chi connectivity index (χ1v) is 7.47. The van der Waals surface area contributed by atoms with Gasteiger partial charge in [-0.3, -0.25) is 0 Å². The Balaban J connectivity index is 4.29. The number of allylic oxidation sites excluding steroid dienone is 2. The van der Waals surface area contributed by atoms with Crippen molar-refractivity contribution in [1.82, 2.24) is 0 Å². The van der Waals surface area contributed by atoms with Crippen molar-refractivity contribution < 1.29 is 0 Å². The molecule has 0 heteroatoms. The molecule has 0 spiro atoms. The molecule has 0 radical (unpaired) electrons. The van der Waals surface area contributed by atoms with Gasteiger partial charge in [0.2, 0.25) is 0 Å². The zero-order chi connectivity index (χ0) is 14.2. The van der Waals surface area contributed by atoms with E-state index in [9.17, 15) is 0 Å². The maximum Gasteiger partial charge on any atom is 0.0378 e. The minimum Gasteiger partial charge on any atom is -0.119 e. The molecule has 0 aromatic heterocycles. The van der Waals surface area contributed by atoms with Gasteiger partial charge in [-0.05, 0) is 38.0 Å². The zero-order valence-electron chi connectivity index (χ0n) is 13.3. The first-order chi connectivity index (χ1) is 8.32. The van der Waals surface area contributed by atoms with E-state index in [1.54, 1.807) is 0 Å². The minimum absolute atomic E-state index is 0.274. The molecule has 0 aromatic rings. The quantitative estimate of drug-likeness (QED) is 0.288. The van der Waals surface area contributed by atoms with E-state index < -0.39 is 0 Å². The van der Waals surface area contributed by atoms with Gasteiger partial charge in [-0.25, -0.2) is 0 Å². The topological polar surface area (TPSA) is 0 Å². The normalized spacial score (nSPS) is 16.2. The predicted molar refractivity (Wildman–Crippen MR) is 83.5 cm³/mol. The highest BCUT2D eigenvalue weighted by Crippen LogP contribution is 2.32. The van der Waals surface area contributed by atoms with E-state index in [0.29, 0.717) is 11.3 Å². The van der Waals surface area contributed by atoms with Crippen LogP contribution >= 0.6 is 0 Å². The Morgan fingerprint density at radius 2 is 1.89 bits per heavy atom. The second-order valence-electron chi connectivity index (χ2n) is 6.60. The lowest BCUT2D eigenvalue weighted by molar-refractivity contribution is 0.267. The molecule has 2 atom stereocenters. The van der Waals surface area contributed by atoms with Gasteiger partial charge in [-0.15, -0.1) is 6.42 Å². The van der Waals surface area contributed by atoms with Crippen molar-refractivity contribution in [3.63, 3.8) is 0 Å². The van der Waals surface area contributed by atoms with Crippen LogP contribution in [-0.4, -0.2) is 0 Å². The summed E-state index contributed by atoms with van der Waals surface area (Å²) < 4.78 is 0. The SMILES string of the molecule is C#CC(C)C(C)=CC(C)CC(C)(C)CCCCC. The van der Waals surface area contributed by atoms with E-state index in [4.69, 9.17) is 6.42 Å². The monoisotopic (exact) mass is 248 g/mol. The number of hydrogen-bond acceptors (Lipinski definition) is 0. The maximum absolute atomic E-state index is 5.47. The molecule has 0 N–H and O–H groups in total. The molecule has 0 saturated carbocycles. The molecule has 18 heavy (non-hydrogen) atoms. The van der Waals surface area contributed by atoms with Crippen molar-refractivity contribution in [1.29, 1.82) is 0 Å². The Hall–Kier alpha value is -0.700. The van der Waals surface area contributed by atoms with Crippen LogP contribution < -0.4 is 0 Å². The third kappa shape index (κ3) is 7.59. The van der Waals surface area contributed by atoms with Crippen LogP contribution in [0.1, 0.15) is 73.6 Å². The van der Waals surface area contributed by atoms with E-state index in [1.165, 1.54) is 37.7 Å². The van der Waals surface area contributed by atoms with Crippen molar-refractivity contribution in [2.24, 2.45) is 17.3 Å². The molecule has 0 saturated heterocycles. The van der Waals surface area contributed by atoms with Gasteiger partial charge < -0.3 is 0 Å². The van der Waals surface area contributed by atoms with Crippen LogP contribution in [0.15, 0.2) is 11.6 Å². The Labute approximate surface area is 115 Å². The van der Waals surface area contributed by atoms with Gasteiger partial charge in [0.1, 0.15) is 0 Å². The van der Waals surface area contributed by atoms with E-state index in [0.717, 1.165) is 0 Å². The standard InChI is InChI=1S/C18H32/c1-8-10-11-12-18(6,7)14-15(3)13-17(5)16(4)9-2/h2,13,15-16H,8,10-12,14H2,1,3-7H3. The van der Waals surface area contributed by atoms with Crippen LogP contribution in [0.4, 0.5) is 0 Å². The largest absolute Gasteiger partial charge is 0.119 e. The predicted octanol–water partition coefficient (Wildman–Crippen LogP) is 5.83. The molecule has 2 unspecified atom stereocenters. The van der Waals surface area contributed by atoms with Gasteiger partial charge in [0.15, 0.2) is 0 Å². The van der Waals surface area contributed by atoms with E-state index in [1.807, 2.05) is 0 Å². The third-order valence-corrected chi connectivity index (χ3v) is 3.81. The van der Waals surface area contributed by atoms with Gasteiger partial charge in [0.25, 0.3) is 0 Å². The maximum atomic E-state index is 5.47. The second-order valence-corrected chi connectivity index (χ2v) is 6.60. The lowest BCUT2D eigenvalue weighted by atomic mass is 9.78. The summed E-state index contributed by atoms with van der Waals surface area (Å²) in [6.45, 7) is 13.6.